The van der Waals surface area contributed by atoms with E-state index in [0.29, 0.717) is 10.6 Å². The van der Waals surface area contributed by atoms with E-state index in [-0.39, 0.29) is 30.2 Å². The highest BCUT2D eigenvalue weighted by Crippen LogP contribution is 2.29. The number of benzene rings is 2. The highest BCUT2D eigenvalue weighted by molar-refractivity contribution is 6.36. The fourth-order valence-corrected chi connectivity index (χ4v) is 2.74. The third kappa shape index (κ3) is 7.23. The number of amides is 3. The van der Waals surface area contributed by atoms with Gasteiger partial charge in [-0.25, -0.2) is 0 Å². The monoisotopic (exact) mass is 461 g/mol. The summed E-state index contributed by atoms with van der Waals surface area (Å²) in [5.74, 6) is -1.74. The molecule has 0 heterocycles. The Hall–Kier alpha value is -2.78. The fraction of sp³-hybridized carbons (Fsp3) is 0.211. The zero-order valence-electron chi connectivity index (χ0n) is 15.3. The first kappa shape index (κ1) is 23.5. The third-order valence-corrected chi connectivity index (χ3v) is 4.35. The second kappa shape index (κ2) is 10.3. The standard InChI is InChI=1S/C19H16Cl2F3N3O3/c20-13-5-6-14(15(21)7-13)18(30)27-10-17(29)26-9-16(28)25-8-11-1-3-12(4-2-11)19(22,23)24/h1-7H,8-10H2,(H,25,28)(H,26,29)(H,27,30). The zero-order valence-corrected chi connectivity index (χ0v) is 16.8. The van der Waals surface area contributed by atoms with Crippen molar-refractivity contribution in [1.82, 2.24) is 16.0 Å². The summed E-state index contributed by atoms with van der Waals surface area (Å²) in [5, 5.41) is 7.62. The number of carbonyl (C=O) groups is 3. The number of carbonyl (C=O) groups excluding carboxylic acids is 3. The molecule has 3 amide bonds. The van der Waals surface area contributed by atoms with Gasteiger partial charge in [-0.15, -0.1) is 0 Å². The van der Waals surface area contributed by atoms with E-state index in [4.69, 9.17) is 23.2 Å². The van der Waals surface area contributed by atoms with E-state index in [9.17, 15) is 27.6 Å². The van der Waals surface area contributed by atoms with E-state index in [1.54, 1.807) is 0 Å². The van der Waals surface area contributed by atoms with Gasteiger partial charge in [0, 0.05) is 11.6 Å². The molecule has 0 radical (unpaired) electrons. The lowest BCUT2D eigenvalue weighted by Gasteiger charge is -2.10. The van der Waals surface area contributed by atoms with Crippen molar-refractivity contribution in [3.8, 4) is 0 Å². The molecule has 2 aromatic rings. The van der Waals surface area contributed by atoms with Gasteiger partial charge in [0.15, 0.2) is 0 Å². The number of halogens is 5. The summed E-state index contributed by atoms with van der Waals surface area (Å²) in [4.78, 5) is 35.5. The molecule has 3 N–H and O–H groups in total. The predicted molar refractivity (Wildman–Crippen MR) is 105 cm³/mol. The molecular weight excluding hydrogens is 446 g/mol. The fourth-order valence-electron chi connectivity index (χ4n) is 2.25. The van der Waals surface area contributed by atoms with Crippen molar-refractivity contribution in [3.05, 3.63) is 69.2 Å². The Morgan fingerprint density at radius 1 is 0.833 bits per heavy atom. The van der Waals surface area contributed by atoms with Gasteiger partial charge < -0.3 is 16.0 Å². The Morgan fingerprint density at radius 2 is 1.43 bits per heavy atom. The zero-order chi connectivity index (χ0) is 22.3. The van der Waals surface area contributed by atoms with Crippen LogP contribution in [0.3, 0.4) is 0 Å². The minimum absolute atomic E-state index is 0.00135. The normalized spacial score (nSPS) is 11.0. The second-order valence-corrected chi connectivity index (χ2v) is 6.90. The van der Waals surface area contributed by atoms with E-state index in [1.807, 2.05) is 0 Å². The van der Waals surface area contributed by atoms with Gasteiger partial charge in [-0.05, 0) is 35.9 Å². The van der Waals surface area contributed by atoms with Crippen LogP contribution in [0.4, 0.5) is 13.2 Å². The molecule has 0 aliphatic rings. The molecule has 6 nitrogen and oxygen atoms in total. The summed E-state index contributed by atoms with van der Waals surface area (Å²) in [6, 6.07) is 8.60. The summed E-state index contributed by atoms with van der Waals surface area (Å²) < 4.78 is 37.5. The topological polar surface area (TPSA) is 87.3 Å². The highest BCUT2D eigenvalue weighted by atomic mass is 35.5. The van der Waals surface area contributed by atoms with Crippen LogP contribution in [0.25, 0.3) is 0 Å². The van der Waals surface area contributed by atoms with Crippen LogP contribution >= 0.6 is 23.2 Å². The van der Waals surface area contributed by atoms with Gasteiger partial charge in [0.1, 0.15) is 0 Å². The van der Waals surface area contributed by atoms with E-state index < -0.39 is 29.5 Å². The molecule has 2 aromatic carbocycles. The smallest absolute Gasteiger partial charge is 0.350 e. The molecule has 0 aromatic heterocycles. The minimum Gasteiger partial charge on any atom is -0.350 e. The van der Waals surface area contributed by atoms with Crippen molar-refractivity contribution < 1.29 is 27.6 Å². The molecule has 2 rings (SSSR count). The Balaban J connectivity index is 1.71. The molecule has 0 aliphatic carbocycles. The van der Waals surface area contributed by atoms with Gasteiger partial charge in [0.25, 0.3) is 5.91 Å². The lowest BCUT2D eigenvalue weighted by atomic mass is 10.1. The number of hydrogen-bond donors (Lipinski definition) is 3. The third-order valence-electron chi connectivity index (χ3n) is 3.80. The van der Waals surface area contributed by atoms with Gasteiger partial charge in [-0.2, -0.15) is 13.2 Å². The molecule has 0 saturated carbocycles. The van der Waals surface area contributed by atoms with Crippen LogP contribution in [-0.2, 0) is 22.3 Å². The average molecular weight is 462 g/mol. The molecule has 0 spiro atoms. The average Bonchev–Trinajstić information content (AvgIpc) is 2.68. The number of nitrogens with one attached hydrogen (secondary N) is 3. The maximum atomic E-state index is 12.5. The Morgan fingerprint density at radius 3 is 2.03 bits per heavy atom. The summed E-state index contributed by atoms with van der Waals surface area (Å²) >= 11 is 11.7. The lowest BCUT2D eigenvalue weighted by Crippen LogP contribution is -2.41. The number of alkyl halides is 3. The van der Waals surface area contributed by atoms with Crippen LogP contribution in [0.2, 0.25) is 10.0 Å². The number of rotatable bonds is 7. The van der Waals surface area contributed by atoms with Crippen LogP contribution < -0.4 is 16.0 Å². The maximum absolute atomic E-state index is 12.5. The second-order valence-electron chi connectivity index (χ2n) is 6.05. The Kier molecular flexibility index (Phi) is 8.08. The maximum Gasteiger partial charge on any atom is 0.416 e. The molecule has 0 aliphatic heterocycles. The van der Waals surface area contributed by atoms with Crippen LogP contribution in [0, 0.1) is 0 Å². The molecule has 0 saturated heterocycles. The first-order valence-electron chi connectivity index (χ1n) is 8.49. The molecule has 0 atom stereocenters. The van der Waals surface area contributed by atoms with E-state index in [1.165, 1.54) is 30.3 Å². The summed E-state index contributed by atoms with van der Waals surface area (Å²) in [7, 11) is 0. The van der Waals surface area contributed by atoms with Crippen molar-refractivity contribution in [2.75, 3.05) is 13.1 Å². The van der Waals surface area contributed by atoms with E-state index >= 15 is 0 Å². The van der Waals surface area contributed by atoms with Gasteiger partial charge in [-0.3, -0.25) is 14.4 Å². The highest BCUT2D eigenvalue weighted by Gasteiger charge is 2.29. The molecule has 0 bridgehead atoms. The Bertz CT molecular complexity index is 935. The lowest BCUT2D eigenvalue weighted by molar-refractivity contribution is -0.137. The van der Waals surface area contributed by atoms with Crippen molar-refractivity contribution in [2.45, 2.75) is 12.7 Å². The molecule has 11 heteroatoms. The minimum atomic E-state index is -4.43. The van der Waals surface area contributed by atoms with Crippen molar-refractivity contribution in [1.29, 1.82) is 0 Å². The quantitative estimate of drug-likeness (QED) is 0.591. The van der Waals surface area contributed by atoms with Gasteiger partial charge in [0.2, 0.25) is 11.8 Å². The van der Waals surface area contributed by atoms with E-state index in [2.05, 4.69) is 16.0 Å². The van der Waals surface area contributed by atoms with E-state index in [0.717, 1.165) is 12.1 Å². The van der Waals surface area contributed by atoms with Crippen molar-refractivity contribution in [2.24, 2.45) is 0 Å². The first-order chi connectivity index (χ1) is 14.1. The van der Waals surface area contributed by atoms with Gasteiger partial charge in [0.05, 0.1) is 29.2 Å². The molecule has 0 fully saturated rings. The van der Waals surface area contributed by atoms with Crippen LogP contribution in [-0.4, -0.2) is 30.8 Å². The predicted octanol–water partition coefficient (Wildman–Crippen LogP) is 3.17. The summed E-state index contributed by atoms with van der Waals surface area (Å²) in [5.41, 5.74) is -0.176. The van der Waals surface area contributed by atoms with Crippen LogP contribution in [0.5, 0.6) is 0 Å². The molecule has 0 unspecified atom stereocenters. The molecular formula is C19H16Cl2F3N3O3. The molecule has 30 heavy (non-hydrogen) atoms. The van der Waals surface area contributed by atoms with Crippen LogP contribution in [0.1, 0.15) is 21.5 Å². The van der Waals surface area contributed by atoms with Gasteiger partial charge >= 0.3 is 6.18 Å². The molecule has 160 valence electrons. The van der Waals surface area contributed by atoms with Crippen molar-refractivity contribution in [3.63, 3.8) is 0 Å². The summed E-state index contributed by atoms with van der Waals surface area (Å²) in [6.45, 7) is -0.750. The van der Waals surface area contributed by atoms with Gasteiger partial charge in [-0.1, -0.05) is 35.3 Å². The SMILES string of the molecule is O=C(CNC(=O)CNC(=O)c1ccc(Cl)cc1Cl)NCc1ccc(C(F)(F)F)cc1. The van der Waals surface area contributed by atoms with Crippen LogP contribution in [0.15, 0.2) is 42.5 Å². The largest absolute Gasteiger partial charge is 0.416 e. The summed E-state index contributed by atoms with van der Waals surface area (Å²) in [6.07, 6.45) is -4.43. The Labute approximate surface area is 179 Å². The number of hydrogen-bond acceptors (Lipinski definition) is 3. The first-order valence-corrected chi connectivity index (χ1v) is 9.24. The van der Waals surface area contributed by atoms with Crippen molar-refractivity contribution >= 4 is 40.9 Å².